The quantitative estimate of drug-likeness (QED) is 0.714. The fourth-order valence-electron chi connectivity index (χ4n) is 2.62. The lowest BCUT2D eigenvalue weighted by Gasteiger charge is -2.26. The van der Waals surface area contributed by atoms with Crippen LogP contribution in [0.1, 0.15) is 16.2 Å². The zero-order chi connectivity index (χ0) is 18.6. The summed E-state index contributed by atoms with van der Waals surface area (Å²) in [6.07, 6.45) is 1.68. The van der Waals surface area contributed by atoms with Crippen molar-refractivity contribution in [2.75, 3.05) is 39.9 Å². The number of amides is 1. The number of aromatic nitrogens is 2. The van der Waals surface area contributed by atoms with Crippen molar-refractivity contribution in [3.05, 3.63) is 42.0 Å². The van der Waals surface area contributed by atoms with Crippen molar-refractivity contribution >= 4 is 15.9 Å². The van der Waals surface area contributed by atoms with Crippen molar-refractivity contribution in [3.63, 3.8) is 0 Å². The van der Waals surface area contributed by atoms with Crippen LogP contribution in [0.2, 0.25) is 0 Å². The first-order chi connectivity index (χ1) is 12.5. The molecule has 0 aliphatic carbocycles. The maximum Gasteiger partial charge on any atom is 0.253 e. The van der Waals surface area contributed by atoms with Gasteiger partial charge in [0.1, 0.15) is 0 Å². The van der Waals surface area contributed by atoms with Crippen molar-refractivity contribution in [1.29, 1.82) is 0 Å². The lowest BCUT2D eigenvalue weighted by atomic mass is 10.2. The number of likely N-dealkylation sites (N-methyl/N-ethyl adjacent to an activating group) is 1. The molecule has 140 valence electrons. The first kappa shape index (κ1) is 18.5. The van der Waals surface area contributed by atoms with Gasteiger partial charge in [-0.3, -0.25) is 4.79 Å². The van der Waals surface area contributed by atoms with E-state index in [4.69, 9.17) is 4.74 Å². The van der Waals surface area contributed by atoms with Gasteiger partial charge in [0.05, 0.1) is 18.1 Å². The Labute approximate surface area is 151 Å². The van der Waals surface area contributed by atoms with Crippen molar-refractivity contribution in [2.45, 2.75) is 11.3 Å². The highest BCUT2D eigenvalue weighted by molar-refractivity contribution is 7.89. The highest BCUT2D eigenvalue weighted by Gasteiger charge is 2.27. The largest absolute Gasteiger partial charge is 0.379 e. The van der Waals surface area contributed by atoms with Gasteiger partial charge in [-0.05, 0) is 18.2 Å². The molecule has 2 aromatic rings. The number of hydrogen-bond donors (Lipinski definition) is 0. The third-order valence-corrected chi connectivity index (χ3v) is 6.01. The second-order valence-corrected chi connectivity index (χ2v) is 7.81. The Morgan fingerprint density at radius 1 is 1.31 bits per heavy atom. The Kier molecular flexibility index (Phi) is 5.64. The van der Waals surface area contributed by atoms with Gasteiger partial charge in [-0.1, -0.05) is 11.2 Å². The lowest BCUT2D eigenvalue weighted by Crippen LogP contribution is -2.40. The summed E-state index contributed by atoms with van der Waals surface area (Å²) in [6, 6.07) is 6.10. The van der Waals surface area contributed by atoms with Crippen LogP contribution < -0.4 is 0 Å². The summed E-state index contributed by atoms with van der Waals surface area (Å²) < 4.78 is 36.7. The zero-order valence-electron chi connectivity index (χ0n) is 14.4. The molecule has 1 aliphatic heterocycles. The number of morpholine rings is 1. The van der Waals surface area contributed by atoms with E-state index in [1.165, 1.54) is 27.7 Å². The van der Waals surface area contributed by atoms with E-state index in [0.717, 1.165) is 0 Å². The summed E-state index contributed by atoms with van der Waals surface area (Å²) in [6.45, 7) is 1.75. The molecule has 0 bridgehead atoms. The fourth-order valence-corrected chi connectivity index (χ4v) is 4.07. The molecule has 1 fully saturated rings. The molecule has 0 radical (unpaired) electrons. The SMILES string of the molecule is CN(CCc1ncon1)C(=O)c1cccc(S(=O)(=O)N2CCOCC2)c1. The number of carbonyl (C=O) groups is 1. The van der Waals surface area contributed by atoms with Gasteiger partial charge in [-0.15, -0.1) is 0 Å². The first-order valence-electron chi connectivity index (χ1n) is 8.17. The van der Waals surface area contributed by atoms with Crippen molar-refractivity contribution < 1.29 is 22.5 Å². The summed E-state index contributed by atoms with van der Waals surface area (Å²) in [7, 11) is -2.00. The van der Waals surface area contributed by atoms with Gasteiger partial charge in [0.25, 0.3) is 5.91 Å². The minimum absolute atomic E-state index is 0.108. The third kappa shape index (κ3) is 4.09. The van der Waals surface area contributed by atoms with Gasteiger partial charge < -0.3 is 14.2 Å². The number of nitrogens with zero attached hydrogens (tertiary/aromatic N) is 4. The second-order valence-electron chi connectivity index (χ2n) is 5.87. The van der Waals surface area contributed by atoms with E-state index < -0.39 is 10.0 Å². The Bertz CT molecular complexity index is 847. The van der Waals surface area contributed by atoms with Crippen LogP contribution in [0.15, 0.2) is 40.1 Å². The topological polar surface area (TPSA) is 106 Å². The molecule has 0 saturated carbocycles. The van der Waals surface area contributed by atoms with E-state index in [0.29, 0.717) is 50.7 Å². The summed E-state index contributed by atoms with van der Waals surface area (Å²) in [5.41, 5.74) is 0.315. The minimum atomic E-state index is -3.64. The molecule has 26 heavy (non-hydrogen) atoms. The van der Waals surface area contributed by atoms with Crippen molar-refractivity contribution in [2.24, 2.45) is 0 Å². The normalized spacial score (nSPS) is 15.7. The minimum Gasteiger partial charge on any atom is -0.379 e. The molecule has 1 saturated heterocycles. The zero-order valence-corrected chi connectivity index (χ0v) is 15.2. The molecule has 0 spiro atoms. The molecule has 0 atom stereocenters. The number of hydrogen-bond acceptors (Lipinski definition) is 7. The number of benzene rings is 1. The molecule has 0 N–H and O–H groups in total. The first-order valence-corrected chi connectivity index (χ1v) is 9.61. The van der Waals surface area contributed by atoms with E-state index >= 15 is 0 Å². The Morgan fingerprint density at radius 3 is 2.77 bits per heavy atom. The van der Waals surface area contributed by atoms with Crippen LogP contribution in [-0.4, -0.2) is 73.6 Å². The highest BCUT2D eigenvalue weighted by atomic mass is 32.2. The Balaban J connectivity index is 1.72. The predicted molar refractivity (Wildman–Crippen MR) is 91.0 cm³/mol. The van der Waals surface area contributed by atoms with Gasteiger partial charge >= 0.3 is 0 Å². The Hall–Kier alpha value is -2.30. The second kappa shape index (κ2) is 7.94. The number of rotatable bonds is 6. The summed E-state index contributed by atoms with van der Waals surface area (Å²) >= 11 is 0. The van der Waals surface area contributed by atoms with Crippen LogP contribution in [0.4, 0.5) is 0 Å². The fraction of sp³-hybridized carbons (Fsp3) is 0.438. The average molecular weight is 380 g/mol. The van der Waals surface area contributed by atoms with Crippen LogP contribution in [0, 0.1) is 0 Å². The molecule has 1 aromatic heterocycles. The van der Waals surface area contributed by atoms with Crippen LogP contribution >= 0.6 is 0 Å². The van der Waals surface area contributed by atoms with Gasteiger partial charge in [0, 0.05) is 38.7 Å². The standard InChI is InChI=1S/C16H20N4O5S/c1-19(6-5-15-17-12-25-18-15)16(21)13-3-2-4-14(11-13)26(22,23)20-7-9-24-10-8-20/h2-4,11-12H,5-10H2,1H3. The third-order valence-electron chi connectivity index (χ3n) is 4.11. The maximum atomic E-state index is 12.7. The number of sulfonamides is 1. The van der Waals surface area contributed by atoms with E-state index in [1.807, 2.05) is 0 Å². The van der Waals surface area contributed by atoms with Crippen molar-refractivity contribution in [1.82, 2.24) is 19.3 Å². The van der Waals surface area contributed by atoms with E-state index in [9.17, 15) is 13.2 Å². The summed E-state index contributed by atoms with van der Waals surface area (Å²) in [5.74, 6) is 0.237. The number of carbonyl (C=O) groups excluding carboxylic acids is 1. The molecule has 0 unspecified atom stereocenters. The molecule has 3 rings (SSSR count). The smallest absolute Gasteiger partial charge is 0.253 e. The van der Waals surface area contributed by atoms with E-state index in [2.05, 4.69) is 14.7 Å². The Morgan fingerprint density at radius 2 is 2.08 bits per heavy atom. The van der Waals surface area contributed by atoms with Crippen molar-refractivity contribution in [3.8, 4) is 0 Å². The molecule has 2 heterocycles. The highest BCUT2D eigenvalue weighted by Crippen LogP contribution is 2.19. The monoisotopic (exact) mass is 380 g/mol. The van der Waals surface area contributed by atoms with Crippen LogP contribution in [-0.2, 0) is 21.2 Å². The molecule has 1 aromatic carbocycles. The molecule has 1 aliphatic rings. The molecule has 9 nitrogen and oxygen atoms in total. The lowest BCUT2D eigenvalue weighted by molar-refractivity contribution is 0.0730. The van der Waals surface area contributed by atoms with Gasteiger partial charge in [0.2, 0.25) is 16.4 Å². The van der Waals surface area contributed by atoms with E-state index in [-0.39, 0.29) is 10.8 Å². The summed E-state index contributed by atoms with van der Waals surface area (Å²) in [4.78, 5) is 18.1. The van der Waals surface area contributed by atoms with Crippen LogP contribution in [0.3, 0.4) is 0 Å². The van der Waals surface area contributed by atoms with Gasteiger partial charge in [-0.25, -0.2) is 8.42 Å². The van der Waals surface area contributed by atoms with E-state index in [1.54, 1.807) is 19.2 Å². The van der Waals surface area contributed by atoms with Crippen LogP contribution in [0.5, 0.6) is 0 Å². The number of ether oxygens (including phenoxy) is 1. The molecular weight excluding hydrogens is 360 g/mol. The average Bonchev–Trinajstić information content (AvgIpc) is 3.20. The summed E-state index contributed by atoms with van der Waals surface area (Å²) in [5, 5.41) is 3.70. The molecule has 10 heteroatoms. The van der Waals surface area contributed by atoms with Gasteiger partial charge in [0.15, 0.2) is 5.82 Å². The molecule has 1 amide bonds. The molecular formula is C16H20N4O5S. The maximum absolute atomic E-state index is 12.7. The van der Waals surface area contributed by atoms with Gasteiger partial charge in [-0.2, -0.15) is 9.29 Å². The van der Waals surface area contributed by atoms with Crippen LogP contribution in [0.25, 0.3) is 0 Å². The predicted octanol–water partition coefficient (Wildman–Crippen LogP) is 0.405.